The van der Waals surface area contributed by atoms with E-state index in [1.54, 1.807) is 6.92 Å². The molecule has 0 saturated carbocycles. The summed E-state index contributed by atoms with van der Waals surface area (Å²) in [5, 5.41) is 0. The van der Waals surface area contributed by atoms with Crippen molar-refractivity contribution in [3.8, 4) is 5.75 Å². The summed E-state index contributed by atoms with van der Waals surface area (Å²) in [4.78, 5) is -0.654. The number of hydrogen-bond donors (Lipinski definition) is 0. The van der Waals surface area contributed by atoms with Crippen molar-refractivity contribution in [2.24, 2.45) is 5.92 Å². The van der Waals surface area contributed by atoms with Gasteiger partial charge < -0.3 is 9.47 Å². The standard InChI is InChI=1S/C21H21F6NO6S2/c1-3-35(29,30)17-9-14(20(22,23)24)12-28-18(17)19(11-13(2)7-8-33-19)36(31,32)16-6-4-5-15(10-16)34-21(25,26)27/h4-6,9-10,12-13H,3,7-8,11H2,1-2H3. The fourth-order valence-corrected chi connectivity index (χ4v) is 7.10. The summed E-state index contributed by atoms with van der Waals surface area (Å²) < 4.78 is 141. The highest BCUT2D eigenvalue weighted by Crippen LogP contribution is 2.48. The molecular weight excluding hydrogens is 540 g/mol. The number of rotatable bonds is 6. The van der Waals surface area contributed by atoms with Crippen LogP contribution in [0.3, 0.4) is 0 Å². The Morgan fingerprint density at radius 2 is 1.78 bits per heavy atom. The molecule has 0 N–H and O–H groups in total. The Balaban J connectivity index is 2.33. The molecule has 0 amide bonds. The minimum Gasteiger partial charge on any atom is -0.406 e. The number of ether oxygens (including phenoxy) is 2. The van der Waals surface area contributed by atoms with E-state index in [0.29, 0.717) is 24.8 Å². The van der Waals surface area contributed by atoms with Gasteiger partial charge >= 0.3 is 12.5 Å². The van der Waals surface area contributed by atoms with Gasteiger partial charge in [0.25, 0.3) is 0 Å². The first-order chi connectivity index (χ1) is 16.4. The minimum absolute atomic E-state index is 0.229. The van der Waals surface area contributed by atoms with E-state index in [9.17, 15) is 43.2 Å². The highest BCUT2D eigenvalue weighted by atomic mass is 32.2. The molecule has 0 radical (unpaired) electrons. The maximum atomic E-state index is 13.9. The average Bonchev–Trinajstić information content (AvgIpc) is 2.77. The Morgan fingerprint density at radius 3 is 2.33 bits per heavy atom. The number of benzene rings is 1. The molecule has 15 heteroatoms. The van der Waals surface area contributed by atoms with Gasteiger partial charge in [-0.05, 0) is 43.0 Å². The average molecular weight is 562 g/mol. The molecule has 0 spiro atoms. The molecule has 1 aliphatic heterocycles. The molecular formula is C21H21F6NO6S2. The minimum atomic E-state index is -5.13. The summed E-state index contributed by atoms with van der Waals surface area (Å²) in [5.41, 5.74) is -2.21. The normalized spacial score (nSPS) is 21.8. The van der Waals surface area contributed by atoms with Gasteiger partial charge in [-0.1, -0.05) is 19.9 Å². The van der Waals surface area contributed by atoms with E-state index in [4.69, 9.17) is 4.74 Å². The van der Waals surface area contributed by atoms with Crippen LogP contribution in [-0.4, -0.2) is 40.5 Å². The quantitative estimate of drug-likeness (QED) is 0.464. The summed E-state index contributed by atoms with van der Waals surface area (Å²) in [5.74, 6) is -1.97. The van der Waals surface area contributed by atoms with Crippen LogP contribution in [0.1, 0.15) is 37.9 Å². The predicted octanol–water partition coefficient (Wildman–Crippen LogP) is 4.87. The number of alkyl halides is 6. The van der Waals surface area contributed by atoms with E-state index in [1.807, 2.05) is 0 Å². The summed E-state index contributed by atoms with van der Waals surface area (Å²) in [6.45, 7) is 2.55. The van der Waals surface area contributed by atoms with Crippen molar-refractivity contribution in [2.45, 2.75) is 54.0 Å². The molecule has 1 saturated heterocycles. The maximum absolute atomic E-state index is 13.9. The molecule has 2 heterocycles. The monoisotopic (exact) mass is 561 g/mol. The van der Waals surface area contributed by atoms with E-state index in [1.165, 1.54) is 0 Å². The zero-order valence-electron chi connectivity index (χ0n) is 18.9. The highest BCUT2D eigenvalue weighted by Gasteiger charge is 2.54. The third-order valence-corrected chi connectivity index (χ3v) is 9.56. The molecule has 1 fully saturated rings. The van der Waals surface area contributed by atoms with Crippen molar-refractivity contribution in [3.05, 3.63) is 47.8 Å². The number of aromatic nitrogens is 1. The Kier molecular flexibility index (Phi) is 7.43. The zero-order valence-corrected chi connectivity index (χ0v) is 20.5. The number of pyridine rings is 1. The predicted molar refractivity (Wildman–Crippen MR) is 113 cm³/mol. The zero-order chi connectivity index (χ0) is 27.2. The lowest BCUT2D eigenvalue weighted by Gasteiger charge is -2.39. The first kappa shape index (κ1) is 28.2. The van der Waals surface area contributed by atoms with Crippen molar-refractivity contribution >= 4 is 19.7 Å². The van der Waals surface area contributed by atoms with Crippen LogP contribution in [-0.2, 0) is 35.5 Å². The van der Waals surface area contributed by atoms with Crippen LogP contribution in [0.4, 0.5) is 26.3 Å². The van der Waals surface area contributed by atoms with E-state index < -0.39 is 82.0 Å². The van der Waals surface area contributed by atoms with E-state index >= 15 is 0 Å². The maximum Gasteiger partial charge on any atom is 0.573 e. The number of halogens is 6. The summed E-state index contributed by atoms with van der Waals surface area (Å²) >= 11 is 0. The molecule has 36 heavy (non-hydrogen) atoms. The molecule has 1 aromatic heterocycles. The third kappa shape index (κ3) is 5.47. The summed E-state index contributed by atoms with van der Waals surface area (Å²) in [6.07, 6.45) is -9.89. The van der Waals surface area contributed by atoms with Crippen molar-refractivity contribution in [1.82, 2.24) is 4.98 Å². The van der Waals surface area contributed by atoms with E-state index in [0.717, 1.165) is 25.1 Å². The molecule has 2 unspecified atom stereocenters. The van der Waals surface area contributed by atoms with Crippen LogP contribution in [0.15, 0.2) is 46.3 Å². The van der Waals surface area contributed by atoms with E-state index in [-0.39, 0.29) is 6.61 Å². The smallest absolute Gasteiger partial charge is 0.406 e. The van der Waals surface area contributed by atoms with Crippen molar-refractivity contribution in [2.75, 3.05) is 12.4 Å². The van der Waals surface area contributed by atoms with Crippen molar-refractivity contribution in [3.63, 3.8) is 0 Å². The van der Waals surface area contributed by atoms with Crippen LogP contribution >= 0.6 is 0 Å². The molecule has 0 aliphatic carbocycles. The number of sulfone groups is 2. The fourth-order valence-electron chi connectivity index (χ4n) is 3.83. The van der Waals surface area contributed by atoms with Gasteiger partial charge in [0.15, 0.2) is 9.84 Å². The number of nitrogens with zero attached hydrogens (tertiary/aromatic N) is 1. The largest absolute Gasteiger partial charge is 0.573 e. The van der Waals surface area contributed by atoms with Gasteiger partial charge in [0.1, 0.15) is 11.4 Å². The topological polar surface area (TPSA) is 99.6 Å². The van der Waals surface area contributed by atoms with Crippen LogP contribution < -0.4 is 4.74 Å². The Bertz CT molecular complexity index is 1340. The van der Waals surface area contributed by atoms with Gasteiger partial charge in [-0.3, -0.25) is 4.98 Å². The lowest BCUT2D eigenvalue weighted by atomic mass is 9.95. The molecule has 200 valence electrons. The first-order valence-electron chi connectivity index (χ1n) is 10.5. The van der Waals surface area contributed by atoms with E-state index in [2.05, 4.69) is 9.72 Å². The lowest BCUT2D eigenvalue weighted by Crippen LogP contribution is -2.45. The van der Waals surface area contributed by atoms with Gasteiger partial charge in [0.2, 0.25) is 14.8 Å². The van der Waals surface area contributed by atoms with Gasteiger partial charge in [-0.2, -0.15) is 13.2 Å². The highest BCUT2D eigenvalue weighted by molar-refractivity contribution is 7.93. The molecule has 1 aliphatic rings. The molecule has 2 atom stereocenters. The van der Waals surface area contributed by atoms with Gasteiger partial charge in [0.05, 0.1) is 21.1 Å². The fraction of sp³-hybridized carbons (Fsp3) is 0.476. The first-order valence-corrected chi connectivity index (χ1v) is 13.6. The van der Waals surface area contributed by atoms with Crippen molar-refractivity contribution < 1.29 is 52.7 Å². The van der Waals surface area contributed by atoms with Gasteiger partial charge in [-0.15, -0.1) is 13.2 Å². The Hall–Kier alpha value is -2.39. The summed E-state index contributed by atoms with van der Waals surface area (Å²) in [6, 6.07) is 3.64. The second-order valence-corrected chi connectivity index (χ2v) is 12.6. The number of hydrogen-bond acceptors (Lipinski definition) is 7. The van der Waals surface area contributed by atoms with Gasteiger partial charge in [-0.25, -0.2) is 16.8 Å². The molecule has 3 rings (SSSR count). The molecule has 1 aromatic carbocycles. The summed E-state index contributed by atoms with van der Waals surface area (Å²) in [7, 11) is -9.38. The Morgan fingerprint density at radius 1 is 1.11 bits per heavy atom. The second kappa shape index (κ2) is 9.49. The molecule has 0 bridgehead atoms. The third-order valence-electron chi connectivity index (χ3n) is 5.60. The van der Waals surface area contributed by atoms with Crippen LogP contribution in [0.25, 0.3) is 0 Å². The SMILES string of the molecule is CCS(=O)(=O)c1cc(C(F)(F)F)cnc1C1(S(=O)(=O)c2cccc(OC(F)(F)F)c2)CC(C)CCO1. The second-order valence-electron chi connectivity index (χ2n) is 8.20. The lowest BCUT2D eigenvalue weighted by molar-refractivity contribution is -0.274. The Labute approximate surface area is 203 Å². The van der Waals surface area contributed by atoms with Crippen molar-refractivity contribution in [1.29, 1.82) is 0 Å². The molecule has 2 aromatic rings. The molecule has 7 nitrogen and oxygen atoms in total. The van der Waals surface area contributed by atoms with Crippen LogP contribution in [0.5, 0.6) is 5.75 Å². The van der Waals surface area contributed by atoms with Crippen LogP contribution in [0, 0.1) is 5.92 Å². The van der Waals surface area contributed by atoms with Crippen LogP contribution in [0.2, 0.25) is 0 Å². The van der Waals surface area contributed by atoms with Gasteiger partial charge in [0, 0.05) is 12.8 Å².